The van der Waals surface area contributed by atoms with Crippen LogP contribution >= 0.6 is 0 Å². The predicted molar refractivity (Wildman–Crippen MR) is 221 cm³/mol. The molecule has 0 aliphatic carbocycles. The number of morpholine rings is 2. The third-order valence-corrected chi connectivity index (χ3v) is 11.9. The van der Waals surface area contributed by atoms with Crippen molar-refractivity contribution in [3.63, 3.8) is 0 Å². The van der Waals surface area contributed by atoms with E-state index in [-0.39, 0.29) is 36.2 Å². The summed E-state index contributed by atoms with van der Waals surface area (Å²) in [6.07, 6.45) is 6.60. The zero-order valence-corrected chi connectivity index (χ0v) is 34.4. The number of pyridine rings is 1. The third kappa shape index (κ3) is 8.20. The third-order valence-electron chi connectivity index (χ3n) is 9.81. The molecular formula is C38H46N12O5S2. The van der Waals surface area contributed by atoms with E-state index in [0.29, 0.717) is 85.4 Å². The van der Waals surface area contributed by atoms with Gasteiger partial charge in [-0.3, -0.25) is 4.57 Å². The number of anilines is 2. The van der Waals surface area contributed by atoms with Crippen molar-refractivity contribution >= 4 is 59.3 Å². The molecule has 0 bridgehead atoms. The first-order valence-electron chi connectivity index (χ1n) is 18.6. The van der Waals surface area contributed by atoms with Gasteiger partial charge in [0.25, 0.3) is 0 Å². The highest BCUT2D eigenvalue weighted by atomic mass is 32.2. The van der Waals surface area contributed by atoms with Crippen LogP contribution < -0.4 is 9.80 Å². The van der Waals surface area contributed by atoms with Crippen molar-refractivity contribution in [1.29, 1.82) is 0 Å². The molecule has 57 heavy (non-hydrogen) atoms. The Bertz CT molecular complexity index is 2740. The normalized spacial score (nSPS) is 18.9. The van der Waals surface area contributed by atoms with Gasteiger partial charge in [0.05, 0.1) is 81.8 Å². The van der Waals surface area contributed by atoms with E-state index in [4.69, 9.17) is 38.9 Å². The maximum Gasteiger partial charge on any atom is 0.239 e. The molecule has 3 atom stereocenters. The first-order chi connectivity index (χ1) is 27.2. The van der Waals surface area contributed by atoms with Crippen LogP contribution in [-0.4, -0.2) is 123 Å². The van der Waals surface area contributed by atoms with E-state index < -0.39 is 19.5 Å². The maximum absolute atomic E-state index is 14.4. The molecule has 2 aliphatic heterocycles. The lowest BCUT2D eigenvalue weighted by Gasteiger charge is -2.34. The molecule has 6 aromatic rings. The lowest BCUT2D eigenvalue weighted by atomic mass is 10.1. The first-order valence-corrected chi connectivity index (χ1v) is 23.1. The average Bonchev–Trinajstić information content (AvgIpc) is 3.70. The summed E-state index contributed by atoms with van der Waals surface area (Å²) in [5, 5.41) is 15.1. The Morgan fingerprint density at radius 3 is 2.16 bits per heavy atom. The number of ether oxygens (including phenoxy) is 2. The Morgan fingerprint density at radius 1 is 0.825 bits per heavy atom. The van der Waals surface area contributed by atoms with E-state index in [1.807, 2.05) is 49.5 Å². The summed E-state index contributed by atoms with van der Waals surface area (Å²) in [6.45, 7) is 9.14. The number of aryl methyl sites for hydroxylation is 1. The standard InChI is InChI=1S/C38H46N12O5S2/c1-24-21-54-15-13-47(24)33-17-31(45-56(4,5)52)40-37(42-33)36-26(3)44-49-19-27(11-12-30(36)49)23-57(6,53)46-32-18-34(48-14-16-55-22-25(48)2)43-38(41-32)50-29-10-8-7-9-28(29)39-35(50)20-51/h7-12,17-19,24-25,51H,13-16,20-23H2,1-6H3/t24-,25-,57?/m1/s1. The predicted octanol–water partition coefficient (Wildman–Crippen LogP) is 4.46. The molecule has 17 nitrogen and oxygen atoms in total. The SMILES string of the molecule is Cc1nn2cc(CS(C)(=O)=Nc3cc(N4CCOC[C@H]4C)nc(-n4c(CO)nc5ccccc54)n3)ccc2c1-c1nc(N=S(C)(C)=O)cc(N2CCOC[C@H]2C)n1. The van der Waals surface area contributed by atoms with Gasteiger partial charge in [-0.1, -0.05) is 18.2 Å². The fraction of sp³-hybridized carbons (Fsp3) is 0.421. The zero-order chi connectivity index (χ0) is 40.1. The highest BCUT2D eigenvalue weighted by Gasteiger charge is 2.26. The van der Waals surface area contributed by atoms with Crippen LogP contribution in [0.15, 0.2) is 63.5 Å². The molecule has 2 saturated heterocycles. The summed E-state index contributed by atoms with van der Waals surface area (Å²) in [4.78, 5) is 28.3. The van der Waals surface area contributed by atoms with Gasteiger partial charge in [-0.25, -0.2) is 27.9 Å². The molecule has 19 heteroatoms. The van der Waals surface area contributed by atoms with E-state index in [2.05, 4.69) is 33.0 Å². The Hall–Kier alpha value is -5.08. The van der Waals surface area contributed by atoms with E-state index in [1.54, 1.807) is 40.0 Å². The van der Waals surface area contributed by atoms with Gasteiger partial charge < -0.3 is 24.4 Å². The van der Waals surface area contributed by atoms with Crippen molar-refractivity contribution in [2.45, 2.75) is 45.2 Å². The second-order valence-electron chi connectivity index (χ2n) is 14.8. The minimum absolute atomic E-state index is 0.0303. The van der Waals surface area contributed by atoms with Gasteiger partial charge in [-0.05, 0) is 44.5 Å². The summed E-state index contributed by atoms with van der Waals surface area (Å²) in [5.41, 5.74) is 4.32. The van der Waals surface area contributed by atoms with Crippen molar-refractivity contribution in [3.8, 4) is 17.3 Å². The van der Waals surface area contributed by atoms with Crippen molar-refractivity contribution in [2.24, 2.45) is 8.73 Å². The fourth-order valence-electron chi connectivity index (χ4n) is 7.31. The quantitative estimate of drug-likeness (QED) is 0.216. The number of nitrogens with zero attached hydrogens (tertiary/aromatic N) is 12. The van der Waals surface area contributed by atoms with Gasteiger partial charge >= 0.3 is 0 Å². The van der Waals surface area contributed by atoms with Gasteiger partial charge in [0, 0.05) is 59.9 Å². The number of aliphatic hydroxyl groups is 1. The molecule has 1 N–H and O–H groups in total. The summed E-state index contributed by atoms with van der Waals surface area (Å²) in [6, 6.07) is 15.0. The number of para-hydroxylation sites is 2. The van der Waals surface area contributed by atoms with Crippen molar-refractivity contribution in [2.75, 3.05) is 68.1 Å². The van der Waals surface area contributed by atoms with E-state index in [1.165, 1.54) is 0 Å². The second kappa shape index (κ2) is 15.4. The smallest absolute Gasteiger partial charge is 0.239 e. The van der Waals surface area contributed by atoms with Crippen LogP contribution in [0.4, 0.5) is 23.3 Å². The summed E-state index contributed by atoms with van der Waals surface area (Å²) >= 11 is 0. The van der Waals surface area contributed by atoms with Gasteiger partial charge in [0.2, 0.25) is 5.95 Å². The van der Waals surface area contributed by atoms with Crippen LogP contribution in [-0.2, 0) is 41.3 Å². The summed E-state index contributed by atoms with van der Waals surface area (Å²) < 4.78 is 51.1. The van der Waals surface area contributed by atoms with Crippen LogP contribution in [0.25, 0.3) is 33.9 Å². The van der Waals surface area contributed by atoms with Crippen molar-refractivity contribution < 1.29 is 23.0 Å². The van der Waals surface area contributed by atoms with Gasteiger partial charge in [0.15, 0.2) is 17.5 Å². The monoisotopic (exact) mass is 814 g/mol. The van der Waals surface area contributed by atoms with Crippen LogP contribution in [0.3, 0.4) is 0 Å². The number of imidazole rings is 1. The number of aromatic nitrogens is 8. The number of benzene rings is 1. The Labute approximate surface area is 331 Å². The van der Waals surface area contributed by atoms with Gasteiger partial charge in [-0.15, -0.1) is 0 Å². The second-order valence-corrected chi connectivity index (χ2v) is 19.8. The van der Waals surface area contributed by atoms with Crippen LogP contribution in [0.1, 0.15) is 30.9 Å². The Morgan fingerprint density at radius 2 is 1.49 bits per heavy atom. The lowest BCUT2D eigenvalue weighted by Crippen LogP contribution is -2.44. The van der Waals surface area contributed by atoms with Crippen molar-refractivity contribution in [1.82, 2.24) is 39.1 Å². The number of rotatable bonds is 9. The topological polar surface area (TPSA) is 191 Å². The molecule has 7 heterocycles. The number of aliphatic hydroxyl groups excluding tert-OH is 1. The van der Waals surface area contributed by atoms with E-state index in [9.17, 15) is 13.5 Å². The van der Waals surface area contributed by atoms with Crippen LogP contribution in [0, 0.1) is 6.92 Å². The molecule has 0 radical (unpaired) electrons. The lowest BCUT2D eigenvalue weighted by molar-refractivity contribution is 0.0985. The van der Waals surface area contributed by atoms with E-state index in [0.717, 1.165) is 16.6 Å². The number of hydrogen-bond acceptors (Lipinski definition) is 15. The highest BCUT2D eigenvalue weighted by molar-refractivity contribution is 7.92. The molecule has 1 unspecified atom stereocenters. The molecule has 0 amide bonds. The highest BCUT2D eigenvalue weighted by Crippen LogP contribution is 2.32. The van der Waals surface area contributed by atoms with Crippen LogP contribution in [0.2, 0.25) is 0 Å². The van der Waals surface area contributed by atoms with E-state index >= 15 is 0 Å². The molecule has 1 aromatic carbocycles. The number of hydrogen-bond donors (Lipinski definition) is 1. The summed E-state index contributed by atoms with van der Waals surface area (Å²) in [7, 11) is -5.42. The molecule has 0 saturated carbocycles. The minimum atomic E-state index is -2.92. The number of fused-ring (bicyclic) bond motifs is 2. The van der Waals surface area contributed by atoms with Crippen LogP contribution in [0.5, 0.6) is 0 Å². The Balaban J connectivity index is 1.17. The fourth-order valence-corrected chi connectivity index (χ4v) is 9.19. The molecule has 300 valence electrons. The van der Waals surface area contributed by atoms with Gasteiger partial charge in [0.1, 0.15) is 24.1 Å². The zero-order valence-electron chi connectivity index (χ0n) is 32.8. The first kappa shape index (κ1) is 38.8. The van der Waals surface area contributed by atoms with Crippen molar-refractivity contribution in [3.05, 3.63) is 71.8 Å². The van der Waals surface area contributed by atoms with Gasteiger partial charge in [-0.2, -0.15) is 23.8 Å². The molecule has 2 fully saturated rings. The summed E-state index contributed by atoms with van der Waals surface area (Å²) in [5.74, 6) is 3.04. The molecule has 5 aromatic heterocycles. The Kier molecular flexibility index (Phi) is 10.4. The molecule has 2 aliphatic rings. The molecular weight excluding hydrogens is 769 g/mol. The largest absolute Gasteiger partial charge is 0.388 e. The molecule has 8 rings (SSSR count). The minimum Gasteiger partial charge on any atom is -0.388 e. The molecule has 0 spiro atoms. The average molecular weight is 815 g/mol. The maximum atomic E-state index is 14.4.